The molecule has 29 heavy (non-hydrogen) atoms. The number of esters is 1. The van der Waals surface area contributed by atoms with E-state index in [1.807, 2.05) is 0 Å². The standard InChI is InChI=1S/C18H18FN5O5/c19-10-3-1-9(2-4-10)5-14(26)28-7-12-11(25)6-13(29-12)24-8-21-15-16(24)22-18(20)23-17(15)27/h1-4,8,11-13,25H,5-7H2,(H3,20,22,23,27)/t11-,12+,13+/m0/s1. The number of aromatic nitrogens is 4. The number of carbonyl (C=O) groups excluding carboxylic acids is 1. The van der Waals surface area contributed by atoms with Crippen molar-refractivity contribution in [2.24, 2.45) is 0 Å². The average Bonchev–Trinajstić information content (AvgIpc) is 3.25. The molecule has 3 atom stereocenters. The second-order valence-corrected chi connectivity index (χ2v) is 6.69. The van der Waals surface area contributed by atoms with Crippen LogP contribution < -0.4 is 11.3 Å². The summed E-state index contributed by atoms with van der Waals surface area (Å²) < 4.78 is 25.4. The van der Waals surface area contributed by atoms with Gasteiger partial charge in [-0.05, 0) is 17.7 Å². The molecule has 0 amide bonds. The van der Waals surface area contributed by atoms with E-state index >= 15 is 0 Å². The number of hydrogen-bond donors (Lipinski definition) is 3. The number of hydrogen-bond acceptors (Lipinski definition) is 8. The van der Waals surface area contributed by atoms with E-state index in [-0.39, 0.29) is 42.4 Å². The zero-order valence-electron chi connectivity index (χ0n) is 15.1. The summed E-state index contributed by atoms with van der Waals surface area (Å²) in [6.07, 6.45) is -0.744. The van der Waals surface area contributed by atoms with Crippen molar-refractivity contribution in [2.75, 3.05) is 12.3 Å². The first-order valence-corrected chi connectivity index (χ1v) is 8.86. The molecule has 3 heterocycles. The number of carbonyl (C=O) groups is 1. The van der Waals surface area contributed by atoms with Crippen LogP contribution in [0, 0.1) is 5.82 Å². The number of fused-ring (bicyclic) bond motifs is 1. The number of nitrogens with one attached hydrogen (secondary N) is 1. The topological polar surface area (TPSA) is 145 Å². The first kappa shape index (κ1) is 19.0. The normalized spacial score (nSPS) is 21.5. The summed E-state index contributed by atoms with van der Waals surface area (Å²) in [7, 11) is 0. The molecule has 1 fully saturated rings. The molecule has 1 aliphatic heterocycles. The van der Waals surface area contributed by atoms with Gasteiger partial charge in [0.15, 0.2) is 11.2 Å². The van der Waals surface area contributed by atoms with E-state index in [1.165, 1.54) is 35.2 Å². The monoisotopic (exact) mass is 403 g/mol. The van der Waals surface area contributed by atoms with E-state index in [4.69, 9.17) is 15.2 Å². The van der Waals surface area contributed by atoms with Crippen LogP contribution in [0.4, 0.5) is 10.3 Å². The molecule has 1 aromatic carbocycles. The number of aliphatic hydroxyl groups excluding tert-OH is 1. The number of ether oxygens (including phenoxy) is 2. The Morgan fingerprint density at radius 1 is 1.41 bits per heavy atom. The van der Waals surface area contributed by atoms with E-state index in [0.29, 0.717) is 5.56 Å². The lowest BCUT2D eigenvalue weighted by Gasteiger charge is -2.16. The fraction of sp³-hybridized carbons (Fsp3) is 0.333. The van der Waals surface area contributed by atoms with Crippen LogP contribution in [-0.2, 0) is 20.7 Å². The number of imidazole rings is 1. The van der Waals surface area contributed by atoms with Crippen molar-refractivity contribution in [1.82, 2.24) is 19.5 Å². The third-order valence-corrected chi connectivity index (χ3v) is 4.64. The van der Waals surface area contributed by atoms with Gasteiger partial charge in [0, 0.05) is 6.42 Å². The first-order valence-electron chi connectivity index (χ1n) is 8.86. The predicted octanol–water partition coefficient (Wildman–Crippen LogP) is 0.275. The third kappa shape index (κ3) is 3.96. The zero-order valence-corrected chi connectivity index (χ0v) is 15.1. The molecular weight excluding hydrogens is 385 g/mol. The maximum atomic E-state index is 12.9. The number of nitrogens with two attached hydrogens (primary N) is 1. The van der Waals surface area contributed by atoms with Gasteiger partial charge in [-0.3, -0.25) is 19.1 Å². The van der Waals surface area contributed by atoms with Crippen LogP contribution in [0.1, 0.15) is 18.2 Å². The van der Waals surface area contributed by atoms with Gasteiger partial charge in [-0.15, -0.1) is 0 Å². The Bertz CT molecular complexity index is 1100. The molecule has 11 heteroatoms. The number of benzene rings is 1. The van der Waals surface area contributed by atoms with Crippen LogP contribution in [-0.4, -0.2) is 49.4 Å². The van der Waals surface area contributed by atoms with Crippen molar-refractivity contribution in [3.05, 3.63) is 52.3 Å². The number of H-pyrrole nitrogens is 1. The number of nitrogen functional groups attached to an aromatic ring is 1. The molecule has 1 aliphatic rings. The smallest absolute Gasteiger partial charge is 0.310 e. The molecule has 0 radical (unpaired) electrons. The van der Waals surface area contributed by atoms with Gasteiger partial charge in [0.1, 0.15) is 24.8 Å². The van der Waals surface area contributed by atoms with Crippen LogP contribution in [0.25, 0.3) is 11.2 Å². The van der Waals surface area contributed by atoms with E-state index < -0.39 is 30.0 Å². The molecule has 0 spiro atoms. The maximum Gasteiger partial charge on any atom is 0.310 e. The summed E-state index contributed by atoms with van der Waals surface area (Å²) in [5.41, 5.74) is 6.06. The predicted molar refractivity (Wildman–Crippen MR) is 98.2 cm³/mol. The Morgan fingerprint density at radius 3 is 2.93 bits per heavy atom. The molecule has 2 aromatic heterocycles. The molecule has 152 valence electrons. The van der Waals surface area contributed by atoms with Gasteiger partial charge >= 0.3 is 5.97 Å². The Labute approximate surface area is 163 Å². The van der Waals surface area contributed by atoms with Gasteiger partial charge in [-0.2, -0.15) is 4.98 Å². The highest BCUT2D eigenvalue weighted by molar-refractivity contribution is 5.72. The highest BCUT2D eigenvalue weighted by Gasteiger charge is 2.36. The Kier molecular flexibility index (Phi) is 4.99. The van der Waals surface area contributed by atoms with Crippen molar-refractivity contribution < 1.29 is 23.8 Å². The summed E-state index contributed by atoms with van der Waals surface area (Å²) in [5.74, 6) is -0.972. The van der Waals surface area contributed by atoms with Crippen molar-refractivity contribution in [2.45, 2.75) is 31.3 Å². The molecule has 1 saturated heterocycles. The molecule has 0 unspecified atom stereocenters. The second kappa shape index (κ2) is 7.60. The van der Waals surface area contributed by atoms with Crippen LogP contribution in [0.5, 0.6) is 0 Å². The number of nitrogens with zero attached hydrogens (tertiary/aromatic N) is 3. The number of aromatic amines is 1. The Morgan fingerprint density at radius 2 is 2.17 bits per heavy atom. The Balaban J connectivity index is 1.39. The van der Waals surface area contributed by atoms with Gasteiger partial charge in [0.2, 0.25) is 5.95 Å². The average molecular weight is 403 g/mol. The summed E-state index contributed by atoms with van der Waals surface area (Å²) in [4.78, 5) is 34.3. The quantitative estimate of drug-likeness (QED) is 0.515. The van der Waals surface area contributed by atoms with Gasteiger partial charge in [-0.1, -0.05) is 12.1 Å². The van der Waals surface area contributed by atoms with Crippen molar-refractivity contribution in [3.63, 3.8) is 0 Å². The number of anilines is 1. The number of rotatable bonds is 5. The van der Waals surface area contributed by atoms with Gasteiger partial charge in [-0.25, -0.2) is 9.37 Å². The summed E-state index contributed by atoms with van der Waals surface area (Å²) >= 11 is 0. The minimum absolute atomic E-state index is 0.0232. The Hall–Kier alpha value is -3.31. The molecule has 3 aromatic rings. The summed E-state index contributed by atoms with van der Waals surface area (Å²) in [6, 6.07) is 5.52. The minimum atomic E-state index is -0.893. The van der Waals surface area contributed by atoms with E-state index in [9.17, 15) is 19.1 Å². The van der Waals surface area contributed by atoms with Crippen LogP contribution in [0.2, 0.25) is 0 Å². The largest absolute Gasteiger partial charge is 0.463 e. The summed E-state index contributed by atoms with van der Waals surface area (Å²) in [6.45, 7) is -0.152. The lowest BCUT2D eigenvalue weighted by atomic mass is 10.1. The molecule has 10 nitrogen and oxygen atoms in total. The van der Waals surface area contributed by atoms with Gasteiger partial charge < -0.3 is 20.3 Å². The fourth-order valence-corrected chi connectivity index (χ4v) is 3.18. The van der Waals surface area contributed by atoms with Gasteiger partial charge in [0.25, 0.3) is 5.56 Å². The SMILES string of the molecule is Nc1nc2c(ncn2[C@H]2C[C@H](O)[C@@H](COC(=O)Cc3ccc(F)cc3)O2)c(=O)[nH]1. The highest BCUT2D eigenvalue weighted by atomic mass is 19.1. The maximum absolute atomic E-state index is 12.9. The van der Waals surface area contributed by atoms with Crippen molar-refractivity contribution in [1.29, 1.82) is 0 Å². The fourth-order valence-electron chi connectivity index (χ4n) is 3.18. The van der Waals surface area contributed by atoms with E-state index in [1.54, 1.807) is 0 Å². The molecule has 0 aliphatic carbocycles. The van der Waals surface area contributed by atoms with Crippen molar-refractivity contribution >= 4 is 23.1 Å². The molecule has 0 saturated carbocycles. The van der Waals surface area contributed by atoms with E-state index in [0.717, 1.165) is 0 Å². The lowest BCUT2D eigenvalue weighted by Crippen LogP contribution is -2.28. The zero-order chi connectivity index (χ0) is 20.5. The summed E-state index contributed by atoms with van der Waals surface area (Å²) in [5, 5.41) is 10.3. The van der Waals surface area contributed by atoms with E-state index in [2.05, 4.69) is 15.0 Å². The molecule has 0 bridgehead atoms. The molecular formula is C18H18FN5O5. The molecule has 4 rings (SSSR count). The molecule has 4 N–H and O–H groups in total. The van der Waals surface area contributed by atoms with Crippen LogP contribution in [0.15, 0.2) is 35.4 Å². The van der Waals surface area contributed by atoms with Crippen LogP contribution >= 0.6 is 0 Å². The van der Waals surface area contributed by atoms with Crippen LogP contribution in [0.3, 0.4) is 0 Å². The minimum Gasteiger partial charge on any atom is -0.463 e. The second-order valence-electron chi connectivity index (χ2n) is 6.69. The first-order chi connectivity index (χ1) is 13.9. The lowest BCUT2D eigenvalue weighted by molar-refractivity contribution is -0.149. The third-order valence-electron chi connectivity index (χ3n) is 4.64. The number of halogens is 1. The highest BCUT2D eigenvalue weighted by Crippen LogP contribution is 2.30. The number of aliphatic hydroxyl groups is 1. The van der Waals surface area contributed by atoms with Crippen molar-refractivity contribution in [3.8, 4) is 0 Å². The van der Waals surface area contributed by atoms with Gasteiger partial charge in [0.05, 0.1) is 18.9 Å².